The molecular formula is C18H14BrN3O3S. The molecule has 0 bridgehead atoms. The van der Waals surface area contributed by atoms with Crippen LogP contribution in [0.25, 0.3) is 0 Å². The second-order valence-electron chi connectivity index (χ2n) is 5.25. The van der Waals surface area contributed by atoms with Crippen LogP contribution in [0.4, 0.5) is 5.13 Å². The van der Waals surface area contributed by atoms with E-state index in [1.807, 2.05) is 30.3 Å². The molecule has 6 nitrogen and oxygen atoms in total. The number of nitrogens with two attached hydrogens (primary N) is 1. The van der Waals surface area contributed by atoms with Gasteiger partial charge in [0.25, 0.3) is 11.8 Å². The summed E-state index contributed by atoms with van der Waals surface area (Å²) in [6.07, 6.45) is 0.453. The molecule has 1 heterocycles. The molecule has 8 heteroatoms. The third-order valence-corrected chi connectivity index (χ3v) is 4.84. The van der Waals surface area contributed by atoms with Gasteiger partial charge in [0.15, 0.2) is 5.13 Å². The minimum atomic E-state index is -0.877. The van der Waals surface area contributed by atoms with Crippen LogP contribution in [0.5, 0.6) is 5.75 Å². The minimum absolute atomic E-state index is 0.269. The highest BCUT2D eigenvalue weighted by Gasteiger charge is 2.24. The summed E-state index contributed by atoms with van der Waals surface area (Å²) in [5.74, 6) is -0.438. The number of halogens is 1. The number of hydrogen-bond acceptors (Lipinski definition) is 5. The Balaban J connectivity index is 1.83. The van der Waals surface area contributed by atoms with E-state index in [-0.39, 0.29) is 10.0 Å². The second-order valence-corrected chi connectivity index (χ2v) is 7.19. The van der Waals surface area contributed by atoms with Crippen molar-refractivity contribution in [3.8, 4) is 5.75 Å². The molecule has 0 spiro atoms. The number of amides is 2. The van der Waals surface area contributed by atoms with E-state index in [4.69, 9.17) is 10.5 Å². The number of ether oxygens (including phenoxy) is 1. The predicted molar refractivity (Wildman–Crippen MR) is 103 cm³/mol. The SMILES string of the molecule is NC(=O)c1cnc(NC(=O)C(Oc2ccc(Br)cc2)c2ccccc2)s1. The number of anilines is 1. The number of rotatable bonds is 6. The van der Waals surface area contributed by atoms with Gasteiger partial charge in [-0.05, 0) is 24.3 Å². The quantitative estimate of drug-likeness (QED) is 0.620. The third-order valence-electron chi connectivity index (χ3n) is 3.39. The fraction of sp³-hybridized carbons (Fsp3) is 0.0556. The number of carbonyl (C=O) groups excluding carboxylic acids is 2. The van der Waals surface area contributed by atoms with E-state index in [9.17, 15) is 9.59 Å². The lowest BCUT2D eigenvalue weighted by Gasteiger charge is -2.18. The number of carbonyl (C=O) groups is 2. The van der Waals surface area contributed by atoms with Gasteiger partial charge in [0.2, 0.25) is 6.10 Å². The van der Waals surface area contributed by atoms with Crippen molar-refractivity contribution in [1.82, 2.24) is 4.98 Å². The maximum Gasteiger partial charge on any atom is 0.271 e. The zero-order chi connectivity index (χ0) is 18.5. The van der Waals surface area contributed by atoms with Crippen LogP contribution in [0.1, 0.15) is 21.3 Å². The van der Waals surface area contributed by atoms with E-state index in [2.05, 4.69) is 26.2 Å². The molecule has 0 saturated carbocycles. The summed E-state index contributed by atoms with van der Waals surface area (Å²) < 4.78 is 6.81. The van der Waals surface area contributed by atoms with E-state index in [1.54, 1.807) is 24.3 Å². The number of nitrogens with one attached hydrogen (secondary N) is 1. The summed E-state index contributed by atoms with van der Waals surface area (Å²) in [6.45, 7) is 0. The fourth-order valence-corrected chi connectivity index (χ4v) is 3.10. The molecule has 132 valence electrons. The lowest BCUT2D eigenvalue weighted by molar-refractivity contribution is -0.123. The van der Waals surface area contributed by atoms with Gasteiger partial charge in [-0.2, -0.15) is 0 Å². The number of benzene rings is 2. The summed E-state index contributed by atoms with van der Waals surface area (Å²) in [4.78, 5) is 28.2. The predicted octanol–water partition coefficient (Wildman–Crippen LogP) is 3.76. The van der Waals surface area contributed by atoms with Crippen LogP contribution in [-0.2, 0) is 4.79 Å². The van der Waals surface area contributed by atoms with E-state index in [0.29, 0.717) is 11.3 Å². The Bertz CT molecular complexity index is 913. The van der Waals surface area contributed by atoms with Gasteiger partial charge in [-0.15, -0.1) is 0 Å². The van der Waals surface area contributed by atoms with Crippen LogP contribution in [0.15, 0.2) is 65.3 Å². The van der Waals surface area contributed by atoms with Gasteiger partial charge in [-0.25, -0.2) is 4.98 Å². The van der Waals surface area contributed by atoms with Crippen LogP contribution in [0.2, 0.25) is 0 Å². The Hall–Kier alpha value is -2.71. The maximum absolute atomic E-state index is 12.8. The van der Waals surface area contributed by atoms with Crippen molar-refractivity contribution in [3.63, 3.8) is 0 Å². The van der Waals surface area contributed by atoms with Crippen molar-refractivity contribution in [2.75, 3.05) is 5.32 Å². The van der Waals surface area contributed by atoms with Crippen molar-refractivity contribution in [2.24, 2.45) is 5.73 Å². The van der Waals surface area contributed by atoms with Crippen molar-refractivity contribution in [3.05, 3.63) is 75.7 Å². The average molecular weight is 432 g/mol. The van der Waals surface area contributed by atoms with Crippen LogP contribution >= 0.6 is 27.3 Å². The van der Waals surface area contributed by atoms with Gasteiger partial charge in [0.05, 0.1) is 6.20 Å². The largest absolute Gasteiger partial charge is 0.476 e. The molecule has 0 fully saturated rings. The highest BCUT2D eigenvalue weighted by atomic mass is 79.9. The van der Waals surface area contributed by atoms with Gasteiger partial charge >= 0.3 is 0 Å². The van der Waals surface area contributed by atoms with Gasteiger partial charge < -0.3 is 10.5 Å². The first-order valence-electron chi connectivity index (χ1n) is 7.56. The molecule has 0 saturated heterocycles. The highest BCUT2D eigenvalue weighted by molar-refractivity contribution is 9.10. The molecule has 0 aliphatic rings. The monoisotopic (exact) mass is 431 g/mol. The Morgan fingerprint density at radius 1 is 1.12 bits per heavy atom. The first-order chi connectivity index (χ1) is 12.5. The van der Waals surface area contributed by atoms with Crippen molar-refractivity contribution >= 4 is 44.2 Å². The van der Waals surface area contributed by atoms with Crippen molar-refractivity contribution in [1.29, 1.82) is 0 Å². The maximum atomic E-state index is 12.8. The number of hydrogen-bond donors (Lipinski definition) is 2. The average Bonchev–Trinajstić information content (AvgIpc) is 3.10. The van der Waals surface area contributed by atoms with Crippen LogP contribution in [0.3, 0.4) is 0 Å². The van der Waals surface area contributed by atoms with Gasteiger partial charge in [-0.3, -0.25) is 14.9 Å². The summed E-state index contributed by atoms with van der Waals surface area (Å²) in [5.41, 5.74) is 5.91. The first-order valence-corrected chi connectivity index (χ1v) is 9.17. The normalized spacial score (nSPS) is 11.6. The van der Waals surface area contributed by atoms with E-state index < -0.39 is 17.9 Å². The molecule has 3 rings (SSSR count). The van der Waals surface area contributed by atoms with Gasteiger partial charge in [0, 0.05) is 10.0 Å². The molecule has 1 unspecified atom stereocenters. The van der Waals surface area contributed by atoms with Crippen molar-refractivity contribution < 1.29 is 14.3 Å². The molecule has 26 heavy (non-hydrogen) atoms. The molecule has 3 aromatic rings. The summed E-state index contributed by atoms with van der Waals surface area (Å²) in [7, 11) is 0. The van der Waals surface area contributed by atoms with E-state index in [0.717, 1.165) is 15.8 Å². The van der Waals surface area contributed by atoms with E-state index >= 15 is 0 Å². The molecule has 3 N–H and O–H groups in total. The standard InChI is InChI=1S/C18H14BrN3O3S/c19-12-6-8-13(9-7-12)25-15(11-4-2-1-3-5-11)17(24)22-18-21-10-14(26-18)16(20)23/h1-10,15H,(H2,20,23)(H,21,22,24). The molecule has 2 amide bonds. The molecular weight excluding hydrogens is 418 g/mol. The van der Waals surface area contributed by atoms with Crippen LogP contribution < -0.4 is 15.8 Å². The first kappa shape index (κ1) is 18.1. The number of primary amides is 1. The molecule has 1 atom stereocenters. The fourth-order valence-electron chi connectivity index (χ4n) is 2.17. The van der Waals surface area contributed by atoms with Gasteiger partial charge in [-0.1, -0.05) is 57.6 Å². The number of aromatic nitrogens is 1. The topological polar surface area (TPSA) is 94.3 Å². The Morgan fingerprint density at radius 3 is 2.42 bits per heavy atom. The zero-order valence-corrected chi connectivity index (χ0v) is 15.8. The molecule has 0 radical (unpaired) electrons. The molecule has 2 aromatic carbocycles. The lowest BCUT2D eigenvalue weighted by Crippen LogP contribution is -2.25. The smallest absolute Gasteiger partial charge is 0.271 e. The Kier molecular flexibility index (Phi) is 5.65. The van der Waals surface area contributed by atoms with Crippen molar-refractivity contribution in [2.45, 2.75) is 6.10 Å². The third kappa shape index (κ3) is 4.47. The molecule has 0 aliphatic heterocycles. The minimum Gasteiger partial charge on any atom is -0.476 e. The second kappa shape index (κ2) is 8.11. The molecule has 0 aliphatic carbocycles. The van der Waals surface area contributed by atoms with E-state index in [1.165, 1.54) is 6.20 Å². The van der Waals surface area contributed by atoms with Crippen LogP contribution in [-0.4, -0.2) is 16.8 Å². The lowest BCUT2D eigenvalue weighted by atomic mass is 10.1. The Morgan fingerprint density at radius 2 is 1.81 bits per heavy atom. The Labute approximate surface area is 162 Å². The zero-order valence-electron chi connectivity index (χ0n) is 13.4. The van der Waals surface area contributed by atoms with Crippen LogP contribution in [0, 0.1) is 0 Å². The summed E-state index contributed by atoms with van der Waals surface area (Å²) in [6, 6.07) is 16.3. The molecule has 1 aromatic heterocycles. The number of thiazole rings is 1. The summed E-state index contributed by atoms with van der Waals surface area (Å²) >= 11 is 4.38. The van der Waals surface area contributed by atoms with Gasteiger partial charge in [0.1, 0.15) is 10.6 Å². The number of nitrogens with zero attached hydrogens (tertiary/aromatic N) is 1. The summed E-state index contributed by atoms with van der Waals surface area (Å²) in [5, 5.41) is 2.96. The highest BCUT2D eigenvalue weighted by Crippen LogP contribution is 2.26.